The predicted octanol–water partition coefficient (Wildman–Crippen LogP) is 2.72. The van der Waals surface area contributed by atoms with E-state index in [2.05, 4.69) is 15.8 Å². The van der Waals surface area contributed by atoms with E-state index >= 15 is 0 Å². The lowest BCUT2D eigenvalue weighted by molar-refractivity contribution is -0.119. The van der Waals surface area contributed by atoms with Gasteiger partial charge in [0, 0.05) is 11.3 Å². The second kappa shape index (κ2) is 7.70. The molecule has 3 rings (SSSR count). The second-order valence-electron chi connectivity index (χ2n) is 5.81. The number of amides is 1. The number of anilines is 1. The Kier molecular flexibility index (Phi) is 5.18. The zero-order chi connectivity index (χ0) is 17.6. The van der Waals surface area contributed by atoms with Crippen LogP contribution in [0.4, 0.5) is 5.69 Å². The number of nitrogens with one attached hydrogen (secondary N) is 2. The minimum atomic E-state index is -0.210. The van der Waals surface area contributed by atoms with E-state index in [4.69, 9.17) is 9.47 Å². The Morgan fingerprint density at radius 1 is 1.12 bits per heavy atom. The van der Waals surface area contributed by atoms with Gasteiger partial charge in [-0.15, -0.1) is 0 Å². The zero-order valence-electron chi connectivity index (χ0n) is 14.3. The third-order valence-electron chi connectivity index (χ3n) is 3.78. The molecule has 0 spiro atoms. The summed E-state index contributed by atoms with van der Waals surface area (Å²) in [6, 6.07) is 13.5. The topological polar surface area (TPSA) is 72.0 Å². The molecule has 0 aromatic heterocycles. The van der Waals surface area contributed by atoms with Crippen LogP contribution in [-0.2, 0) is 4.79 Å². The number of hydrogen-bond acceptors (Lipinski definition) is 5. The van der Waals surface area contributed by atoms with Gasteiger partial charge in [0.05, 0.1) is 12.3 Å². The molecule has 1 amide bonds. The molecule has 25 heavy (non-hydrogen) atoms. The lowest BCUT2D eigenvalue weighted by atomic mass is 10.1. The van der Waals surface area contributed by atoms with Crippen LogP contribution < -0.4 is 20.2 Å². The average Bonchev–Trinajstić information content (AvgIpc) is 2.64. The number of fused-ring (bicyclic) bond motifs is 1. The van der Waals surface area contributed by atoms with Crippen molar-refractivity contribution in [2.45, 2.75) is 13.8 Å². The van der Waals surface area contributed by atoms with Crippen molar-refractivity contribution < 1.29 is 14.3 Å². The summed E-state index contributed by atoms with van der Waals surface area (Å²) in [5, 5.41) is 7.23. The third kappa shape index (κ3) is 4.50. The van der Waals surface area contributed by atoms with Gasteiger partial charge in [-0.2, -0.15) is 5.10 Å². The SMILES string of the molecule is C/C(=N/NC(=O)CNc1cccc(C)c1)c1ccc2c(c1)OCCO2. The highest BCUT2D eigenvalue weighted by Crippen LogP contribution is 2.30. The minimum absolute atomic E-state index is 0.154. The number of benzene rings is 2. The van der Waals surface area contributed by atoms with Crippen LogP contribution in [0.25, 0.3) is 0 Å². The van der Waals surface area contributed by atoms with Gasteiger partial charge in [-0.05, 0) is 49.7 Å². The van der Waals surface area contributed by atoms with E-state index in [9.17, 15) is 4.79 Å². The van der Waals surface area contributed by atoms with E-state index in [0.717, 1.165) is 22.6 Å². The van der Waals surface area contributed by atoms with Crippen molar-refractivity contribution in [3.63, 3.8) is 0 Å². The molecular weight excluding hydrogens is 318 g/mol. The molecule has 0 unspecified atom stereocenters. The Bertz CT molecular complexity index is 802. The van der Waals surface area contributed by atoms with Crippen LogP contribution in [0.1, 0.15) is 18.1 Å². The molecule has 0 fully saturated rings. The molecule has 1 heterocycles. The summed E-state index contributed by atoms with van der Waals surface area (Å²) >= 11 is 0. The van der Waals surface area contributed by atoms with Crippen molar-refractivity contribution in [2.75, 3.05) is 25.1 Å². The Balaban J connectivity index is 1.56. The second-order valence-corrected chi connectivity index (χ2v) is 5.81. The standard InChI is InChI=1S/C19H21N3O3/c1-13-4-3-5-16(10-13)20-12-19(23)22-21-14(2)15-6-7-17-18(11-15)25-9-8-24-17/h3-7,10-11,20H,8-9,12H2,1-2H3,(H,22,23)/b21-14-. The number of carbonyl (C=O) groups is 1. The number of hydrazone groups is 1. The maximum Gasteiger partial charge on any atom is 0.259 e. The van der Waals surface area contributed by atoms with Crippen LogP contribution in [-0.4, -0.2) is 31.4 Å². The molecule has 0 atom stereocenters. The molecule has 0 bridgehead atoms. The van der Waals surface area contributed by atoms with E-state index in [1.165, 1.54) is 0 Å². The summed E-state index contributed by atoms with van der Waals surface area (Å²) in [6.45, 7) is 5.09. The van der Waals surface area contributed by atoms with Gasteiger partial charge in [0.1, 0.15) is 13.2 Å². The minimum Gasteiger partial charge on any atom is -0.486 e. The van der Waals surface area contributed by atoms with Crippen molar-refractivity contribution in [3.8, 4) is 11.5 Å². The van der Waals surface area contributed by atoms with Crippen molar-refractivity contribution in [1.82, 2.24) is 5.43 Å². The Hall–Kier alpha value is -3.02. The van der Waals surface area contributed by atoms with Crippen LogP contribution in [0, 0.1) is 6.92 Å². The van der Waals surface area contributed by atoms with Gasteiger partial charge in [0.2, 0.25) is 0 Å². The molecule has 2 N–H and O–H groups in total. The summed E-state index contributed by atoms with van der Waals surface area (Å²) in [6.07, 6.45) is 0. The molecule has 0 radical (unpaired) electrons. The quantitative estimate of drug-likeness (QED) is 0.649. The molecule has 6 nitrogen and oxygen atoms in total. The summed E-state index contributed by atoms with van der Waals surface area (Å²) in [5.41, 5.74) is 6.17. The first kappa shape index (κ1) is 16.8. The fraction of sp³-hybridized carbons (Fsp3) is 0.263. The number of carbonyl (C=O) groups excluding carboxylic acids is 1. The van der Waals surface area contributed by atoms with Gasteiger partial charge < -0.3 is 14.8 Å². The predicted molar refractivity (Wildman–Crippen MR) is 97.5 cm³/mol. The van der Waals surface area contributed by atoms with Crippen LogP contribution in [0.5, 0.6) is 11.5 Å². The van der Waals surface area contributed by atoms with Crippen LogP contribution >= 0.6 is 0 Å². The molecule has 1 aliphatic heterocycles. The van der Waals surface area contributed by atoms with Crippen LogP contribution in [0.15, 0.2) is 47.6 Å². The highest BCUT2D eigenvalue weighted by Gasteiger charge is 2.12. The molecule has 2 aromatic carbocycles. The van der Waals surface area contributed by atoms with Crippen LogP contribution in [0.3, 0.4) is 0 Å². The highest BCUT2D eigenvalue weighted by molar-refractivity contribution is 6.00. The smallest absolute Gasteiger partial charge is 0.259 e. The molecule has 0 saturated carbocycles. The molecule has 0 saturated heterocycles. The van der Waals surface area contributed by atoms with Crippen molar-refractivity contribution in [1.29, 1.82) is 0 Å². The largest absolute Gasteiger partial charge is 0.486 e. The molecular formula is C19H21N3O3. The third-order valence-corrected chi connectivity index (χ3v) is 3.78. The summed E-state index contributed by atoms with van der Waals surface area (Å²) in [4.78, 5) is 11.9. The fourth-order valence-corrected chi connectivity index (χ4v) is 2.46. The van der Waals surface area contributed by atoms with Crippen molar-refractivity contribution in [2.24, 2.45) is 5.10 Å². The monoisotopic (exact) mass is 339 g/mol. The molecule has 1 aliphatic rings. The zero-order valence-corrected chi connectivity index (χ0v) is 14.3. The van der Waals surface area contributed by atoms with E-state index in [0.29, 0.717) is 24.7 Å². The number of aryl methyl sites for hydroxylation is 1. The van der Waals surface area contributed by atoms with Gasteiger partial charge in [0.25, 0.3) is 5.91 Å². The van der Waals surface area contributed by atoms with Gasteiger partial charge in [-0.25, -0.2) is 5.43 Å². The maximum atomic E-state index is 11.9. The summed E-state index contributed by atoms with van der Waals surface area (Å²) < 4.78 is 11.1. The molecule has 6 heteroatoms. The van der Waals surface area contributed by atoms with E-state index in [1.54, 1.807) is 0 Å². The molecule has 0 aliphatic carbocycles. The number of rotatable bonds is 5. The number of ether oxygens (including phenoxy) is 2. The van der Waals surface area contributed by atoms with E-state index in [-0.39, 0.29) is 12.5 Å². The Morgan fingerprint density at radius 3 is 2.72 bits per heavy atom. The van der Waals surface area contributed by atoms with E-state index < -0.39 is 0 Å². The lowest BCUT2D eigenvalue weighted by Gasteiger charge is -2.18. The van der Waals surface area contributed by atoms with Gasteiger partial charge in [-0.1, -0.05) is 12.1 Å². The lowest BCUT2D eigenvalue weighted by Crippen LogP contribution is -2.26. The first-order valence-electron chi connectivity index (χ1n) is 8.15. The maximum absolute atomic E-state index is 11.9. The van der Waals surface area contributed by atoms with Gasteiger partial charge >= 0.3 is 0 Å². The summed E-state index contributed by atoms with van der Waals surface area (Å²) in [7, 11) is 0. The highest BCUT2D eigenvalue weighted by atomic mass is 16.6. The Morgan fingerprint density at radius 2 is 1.92 bits per heavy atom. The van der Waals surface area contributed by atoms with E-state index in [1.807, 2.05) is 56.3 Å². The molecule has 130 valence electrons. The Labute approximate surface area is 146 Å². The first-order chi connectivity index (χ1) is 12.1. The van der Waals surface area contributed by atoms with Gasteiger partial charge in [-0.3, -0.25) is 4.79 Å². The van der Waals surface area contributed by atoms with Crippen molar-refractivity contribution in [3.05, 3.63) is 53.6 Å². The van der Waals surface area contributed by atoms with Crippen LogP contribution in [0.2, 0.25) is 0 Å². The number of hydrogen-bond donors (Lipinski definition) is 2. The molecule has 2 aromatic rings. The average molecular weight is 339 g/mol. The number of nitrogens with zero attached hydrogens (tertiary/aromatic N) is 1. The van der Waals surface area contributed by atoms with Gasteiger partial charge in [0.15, 0.2) is 11.5 Å². The fourth-order valence-electron chi connectivity index (χ4n) is 2.46. The normalized spacial score (nSPS) is 13.3. The first-order valence-corrected chi connectivity index (χ1v) is 8.15. The summed E-state index contributed by atoms with van der Waals surface area (Å²) in [5.74, 6) is 1.22. The van der Waals surface area contributed by atoms with Crippen molar-refractivity contribution >= 4 is 17.3 Å².